The van der Waals surface area contributed by atoms with Crippen LogP contribution >= 0.6 is 23.4 Å². The van der Waals surface area contributed by atoms with Crippen LogP contribution in [0.4, 0.5) is 14.5 Å². The average Bonchev–Trinajstić information content (AvgIpc) is 3.20. The molecule has 0 radical (unpaired) electrons. The molecule has 0 fully saturated rings. The number of benzene rings is 2. The Morgan fingerprint density at radius 1 is 1.03 bits per heavy atom. The molecule has 0 aliphatic heterocycles. The standard InChI is InChI=1S/C21H14ClF2N5OS/c22-17-11-15(3-6-18(17)24)26-19(30)12-31-21-28-27-20(13-7-9-25-10-8-13)29(21)16-4-1-14(23)2-5-16/h1-11H,12H2,(H,26,30). The molecule has 10 heteroatoms. The van der Waals surface area contributed by atoms with Gasteiger partial charge in [-0.05, 0) is 54.6 Å². The number of amides is 1. The Balaban J connectivity index is 1.57. The Kier molecular flexibility index (Phi) is 6.24. The van der Waals surface area contributed by atoms with Crippen LogP contribution in [0.2, 0.25) is 5.02 Å². The molecule has 1 amide bonds. The number of thioether (sulfide) groups is 1. The number of nitrogens with one attached hydrogen (secondary N) is 1. The van der Waals surface area contributed by atoms with Crippen LogP contribution in [-0.4, -0.2) is 31.4 Å². The summed E-state index contributed by atoms with van der Waals surface area (Å²) >= 11 is 6.90. The van der Waals surface area contributed by atoms with Crippen molar-refractivity contribution < 1.29 is 13.6 Å². The van der Waals surface area contributed by atoms with Gasteiger partial charge >= 0.3 is 0 Å². The van der Waals surface area contributed by atoms with Gasteiger partial charge in [0.2, 0.25) is 5.91 Å². The summed E-state index contributed by atoms with van der Waals surface area (Å²) in [5.74, 6) is -0.710. The van der Waals surface area contributed by atoms with Crippen molar-refractivity contribution >= 4 is 35.0 Å². The molecule has 0 unspecified atom stereocenters. The summed E-state index contributed by atoms with van der Waals surface area (Å²) in [6.45, 7) is 0. The van der Waals surface area contributed by atoms with Gasteiger partial charge in [0, 0.05) is 29.3 Å². The molecule has 0 spiro atoms. The smallest absolute Gasteiger partial charge is 0.234 e. The first-order valence-corrected chi connectivity index (χ1v) is 10.4. The molecule has 0 aliphatic rings. The van der Waals surface area contributed by atoms with Crippen LogP contribution in [0.3, 0.4) is 0 Å². The highest BCUT2D eigenvalue weighted by atomic mass is 35.5. The lowest BCUT2D eigenvalue weighted by Gasteiger charge is -2.10. The monoisotopic (exact) mass is 457 g/mol. The van der Waals surface area contributed by atoms with E-state index in [4.69, 9.17) is 11.6 Å². The van der Waals surface area contributed by atoms with Crippen molar-refractivity contribution in [3.8, 4) is 17.1 Å². The van der Waals surface area contributed by atoms with Gasteiger partial charge in [0.15, 0.2) is 11.0 Å². The van der Waals surface area contributed by atoms with Gasteiger partial charge in [0.05, 0.1) is 10.8 Å². The second kappa shape index (κ2) is 9.23. The van der Waals surface area contributed by atoms with Crippen LogP contribution in [0.1, 0.15) is 0 Å². The van der Waals surface area contributed by atoms with E-state index in [0.717, 1.165) is 17.3 Å². The Morgan fingerprint density at radius 2 is 1.77 bits per heavy atom. The SMILES string of the molecule is O=C(CSc1nnc(-c2ccncc2)n1-c1ccc(F)cc1)Nc1ccc(F)c(Cl)c1. The van der Waals surface area contributed by atoms with Crippen LogP contribution in [0.15, 0.2) is 72.1 Å². The zero-order chi connectivity index (χ0) is 21.8. The van der Waals surface area contributed by atoms with Crippen molar-refractivity contribution in [3.05, 3.63) is 83.6 Å². The first-order valence-electron chi connectivity index (χ1n) is 9.01. The lowest BCUT2D eigenvalue weighted by atomic mass is 10.2. The maximum Gasteiger partial charge on any atom is 0.234 e. The van der Waals surface area contributed by atoms with E-state index in [2.05, 4.69) is 20.5 Å². The fourth-order valence-corrected chi connectivity index (χ4v) is 3.71. The molecule has 2 heterocycles. The molecule has 0 bridgehead atoms. The molecule has 0 aliphatic carbocycles. The predicted molar refractivity (Wildman–Crippen MR) is 115 cm³/mol. The number of hydrogen-bond donors (Lipinski definition) is 1. The largest absolute Gasteiger partial charge is 0.325 e. The lowest BCUT2D eigenvalue weighted by Crippen LogP contribution is -2.14. The molecule has 0 saturated carbocycles. The van der Waals surface area contributed by atoms with Crippen LogP contribution in [0, 0.1) is 11.6 Å². The molecule has 31 heavy (non-hydrogen) atoms. The third-order valence-corrected chi connectivity index (χ3v) is 5.41. The van der Waals surface area contributed by atoms with Crippen LogP contribution in [0.25, 0.3) is 17.1 Å². The minimum atomic E-state index is -0.565. The fraction of sp³-hybridized carbons (Fsp3) is 0.0476. The van der Waals surface area contributed by atoms with Gasteiger partial charge < -0.3 is 5.32 Å². The van der Waals surface area contributed by atoms with Gasteiger partial charge in [0.1, 0.15) is 11.6 Å². The summed E-state index contributed by atoms with van der Waals surface area (Å²) in [6, 6.07) is 13.4. The van der Waals surface area contributed by atoms with E-state index >= 15 is 0 Å². The zero-order valence-electron chi connectivity index (χ0n) is 15.8. The summed E-state index contributed by atoms with van der Waals surface area (Å²) in [6.07, 6.45) is 3.26. The van der Waals surface area contributed by atoms with Gasteiger partial charge in [-0.2, -0.15) is 0 Å². The van der Waals surface area contributed by atoms with Crippen LogP contribution in [0.5, 0.6) is 0 Å². The van der Waals surface area contributed by atoms with Crippen LogP contribution < -0.4 is 5.32 Å². The van der Waals surface area contributed by atoms with E-state index in [9.17, 15) is 13.6 Å². The zero-order valence-corrected chi connectivity index (χ0v) is 17.4. The molecular weight excluding hydrogens is 444 g/mol. The highest BCUT2D eigenvalue weighted by molar-refractivity contribution is 7.99. The minimum Gasteiger partial charge on any atom is -0.325 e. The highest BCUT2D eigenvalue weighted by Crippen LogP contribution is 2.28. The number of aromatic nitrogens is 4. The second-order valence-electron chi connectivity index (χ2n) is 6.32. The second-order valence-corrected chi connectivity index (χ2v) is 7.67. The van der Waals surface area contributed by atoms with Crippen LogP contribution in [-0.2, 0) is 4.79 Å². The Bertz CT molecular complexity index is 1220. The summed E-state index contributed by atoms with van der Waals surface area (Å²) in [5, 5.41) is 11.5. The first-order chi connectivity index (χ1) is 15.0. The number of carbonyl (C=O) groups excluding carboxylic acids is 1. The minimum absolute atomic E-state index is 0.0185. The molecule has 6 nitrogen and oxygen atoms in total. The molecule has 156 valence electrons. The van der Waals surface area contributed by atoms with Gasteiger partial charge in [-0.1, -0.05) is 23.4 Å². The molecular formula is C21H14ClF2N5OS. The maximum atomic E-state index is 13.4. The number of rotatable bonds is 6. The molecule has 0 saturated heterocycles. The summed E-state index contributed by atoms with van der Waals surface area (Å²) < 4.78 is 28.4. The normalized spacial score (nSPS) is 10.8. The van der Waals surface area contributed by atoms with E-state index in [1.807, 2.05) is 0 Å². The average molecular weight is 458 g/mol. The number of halogens is 3. The Labute approximate surface area is 185 Å². The maximum absolute atomic E-state index is 13.4. The van der Waals surface area contributed by atoms with Gasteiger partial charge in [-0.25, -0.2) is 8.78 Å². The molecule has 2 aromatic carbocycles. The molecule has 4 rings (SSSR count). The third kappa shape index (κ3) is 4.89. The van der Waals surface area contributed by atoms with E-state index in [1.54, 1.807) is 41.2 Å². The van der Waals surface area contributed by atoms with Gasteiger partial charge in [-0.15, -0.1) is 10.2 Å². The molecule has 4 aromatic rings. The molecule has 2 aromatic heterocycles. The Morgan fingerprint density at radius 3 is 2.48 bits per heavy atom. The van der Waals surface area contributed by atoms with Gasteiger partial charge in [0.25, 0.3) is 0 Å². The quantitative estimate of drug-likeness (QED) is 0.413. The summed E-state index contributed by atoms with van der Waals surface area (Å²) in [7, 11) is 0. The highest BCUT2D eigenvalue weighted by Gasteiger charge is 2.17. The van der Waals surface area contributed by atoms with Crippen molar-refractivity contribution in [1.82, 2.24) is 19.7 Å². The topological polar surface area (TPSA) is 72.7 Å². The van der Waals surface area contributed by atoms with Crippen molar-refractivity contribution in [2.24, 2.45) is 0 Å². The number of carbonyl (C=O) groups is 1. The van der Waals surface area contributed by atoms with E-state index in [0.29, 0.717) is 22.4 Å². The molecule has 1 N–H and O–H groups in total. The summed E-state index contributed by atoms with van der Waals surface area (Å²) in [5.41, 5.74) is 1.80. The van der Waals surface area contributed by atoms with Crippen molar-refractivity contribution in [2.75, 3.05) is 11.1 Å². The molecule has 0 atom stereocenters. The van der Waals surface area contributed by atoms with Crippen molar-refractivity contribution in [1.29, 1.82) is 0 Å². The predicted octanol–water partition coefficient (Wildman–Crippen LogP) is 4.99. The van der Waals surface area contributed by atoms with E-state index < -0.39 is 5.82 Å². The van der Waals surface area contributed by atoms with Gasteiger partial charge in [-0.3, -0.25) is 14.3 Å². The van der Waals surface area contributed by atoms with Crippen molar-refractivity contribution in [2.45, 2.75) is 5.16 Å². The lowest BCUT2D eigenvalue weighted by molar-refractivity contribution is -0.113. The van der Waals surface area contributed by atoms with E-state index in [1.165, 1.54) is 30.3 Å². The van der Waals surface area contributed by atoms with Crippen molar-refractivity contribution in [3.63, 3.8) is 0 Å². The number of nitrogens with zero attached hydrogens (tertiary/aromatic N) is 4. The Hall–Kier alpha value is -3.30. The number of pyridine rings is 1. The third-order valence-electron chi connectivity index (χ3n) is 4.19. The number of anilines is 1. The summed E-state index contributed by atoms with van der Waals surface area (Å²) in [4.78, 5) is 16.4. The number of hydrogen-bond acceptors (Lipinski definition) is 5. The fourth-order valence-electron chi connectivity index (χ4n) is 2.78. The van der Waals surface area contributed by atoms with E-state index in [-0.39, 0.29) is 22.5 Å². The first kappa shape index (κ1) is 21.0.